The van der Waals surface area contributed by atoms with Crippen LogP contribution < -0.4 is 4.74 Å². The summed E-state index contributed by atoms with van der Waals surface area (Å²) in [6.07, 6.45) is 1.87. The molecule has 0 aliphatic rings. The Morgan fingerprint density at radius 2 is 2.25 bits per heavy atom. The minimum atomic E-state index is -0.824. The van der Waals surface area contributed by atoms with Crippen LogP contribution in [0.4, 0.5) is 4.39 Å². The van der Waals surface area contributed by atoms with Crippen molar-refractivity contribution < 1.29 is 14.2 Å². The van der Waals surface area contributed by atoms with Gasteiger partial charge in [-0.2, -0.15) is 5.10 Å². The molecule has 20 heavy (non-hydrogen) atoms. The number of aliphatic hydroxyl groups is 1. The number of hydrogen-bond donors (Lipinski definition) is 1. The maximum absolute atomic E-state index is 13.6. The van der Waals surface area contributed by atoms with E-state index < -0.39 is 11.9 Å². The predicted octanol–water partition coefficient (Wildman–Crippen LogP) is 2.11. The Bertz CT molecular complexity index is 571. The molecule has 0 radical (unpaired) electrons. The number of rotatable bonds is 6. The van der Waals surface area contributed by atoms with E-state index in [4.69, 9.17) is 4.74 Å². The van der Waals surface area contributed by atoms with Gasteiger partial charge >= 0.3 is 0 Å². The highest BCUT2D eigenvalue weighted by molar-refractivity contribution is 5.30. The fourth-order valence-corrected chi connectivity index (χ4v) is 2.03. The second-order valence-electron chi connectivity index (χ2n) is 4.51. The predicted molar refractivity (Wildman–Crippen MR) is 71.9 cm³/mol. The maximum atomic E-state index is 13.6. The zero-order valence-corrected chi connectivity index (χ0v) is 11.6. The van der Waals surface area contributed by atoms with Crippen LogP contribution in [0, 0.1) is 5.82 Å². The van der Waals surface area contributed by atoms with Crippen molar-refractivity contribution in [3.8, 4) is 5.75 Å². The van der Waals surface area contributed by atoms with Crippen molar-refractivity contribution >= 4 is 0 Å². The van der Waals surface area contributed by atoms with Crippen LogP contribution in [0.5, 0.6) is 5.75 Å². The Morgan fingerprint density at radius 3 is 2.90 bits per heavy atom. The van der Waals surface area contributed by atoms with Gasteiger partial charge in [-0.1, -0.05) is 13.0 Å². The molecule has 0 saturated carbocycles. The zero-order chi connectivity index (χ0) is 14.5. The summed E-state index contributed by atoms with van der Waals surface area (Å²) in [5.74, 6) is 0.366. The van der Waals surface area contributed by atoms with E-state index in [2.05, 4.69) is 10.1 Å². The Morgan fingerprint density at radius 1 is 1.45 bits per heavy atom. The fourth-order valence-electron chi connectivity index (χ4n) is 2.03. The molecule has 5 nitrogen and oxygen atoms in total. The minimum absolute atomic E-state index is 0.162. The number of ether oxygens (including phenoxy) is 1. The van der Waals surface area contributed by atoms with E-state index in [-0.39, 0.29) is 5.75 Å². The summed E-state index contributed by atoms with van der Waals surface area (Å²) >= 11 is 0. The van der Waals surface area contributed by atoms with Gasteiger partial charge in [0.15, 0.2) is 11.6 Å². The first kappa shape index (κ1) is 14.5. The van der Waals surface area contributed by atoms with Crippen LogP contribution in [0.2, 0.25) is 0 Å². The fraction of sp³-hybridized carbons (Fsp3) is 0.429. The average molecular weight is 279 g/mol. The van der Waals surface area contributed by atoms with Crippen LogP contribution in [-0.4, -0.2) is 27.0 Å². The molecule has 0 spiro atoms. The van der Waals surface area contributed by atoms with Crippen LogP contribution in [0.15, 0.2) is 24.5 Å². The molecule has 2 rings (SSSR count). The summed E-state index contributed by atoms with van der Waals surface area (Å²) in [6.45, 7) is 2.79. The molecule has 1 aromatic heterocycles. The van der Waals surface area contributed by atoms with Crippen LogP contribution >= 0.6 is 0 Å². The molecule has 0 bridgehead atoms. The van der Waals surface area contributed by atoms with Crippen LogP contribution in [-0.2, 0) is 13.0 Å². The van der Waals surface area contributed by atoms with Gasteiger partial charge in [-0.15, -0.1) is 0 Å². The molecule has 0 saturated heterocycles. The first-order chi connectivity index (χ1) is 9.65. The number of aliphatic hydroxyl groups excluding tert-OH is 1. The number of methoxy groups -OCH3 is 1. The molecule has 108 valence electrons. The summed E-state index contributed by atoms with van der Waals surface area (Å²) in [5, 5.41) is 14.3. The number of nitrogens with zero attached hydrogens (tertiary/aromatic N) is 3. The first-order valence-corrected chi connectivity index (χ1v) is 6.54. The van der Waals surface area contributed by atoms with Crippen molar-refractivity contribution in [2.45, 2.75) is 32.4 Å². The third kappa shape index (κ3) is 3.14. The van der Waals surface area contributed by atoms with Crippen molar-refractivity contribution in [1.29, 1.82) is 0 Å². The van der Waals surface area contributed by atoms with Gasteiger partial charge in [0.2, 0.25) is 0 Å². The van der Waals surface area contributed by atoms with Crippen molar-refractivity contribution in [2.75, 3.05) is 7.11 Å². The first-order valence-electron chi connectivity index (χ1n) is 6.54. The summed E-state index contributed by atoms with van der Waals surface area (Å²) in [5.41, 5.74) is 0.495. The summed E-state index contributed by atoms with van der Waals surface area (Å²) < 4.78 is 20.2. The lowest BCUT2D eigenvalue weighted by molar-refractivity contribution is 0.173. The second-order valence-corrected chi connectivity index (χ2v) is 4.51. The Hall–Kier alpha value is -1.95. The Labute approximate surface area is 117 Å². The van der Waals surface area contributed by atoms with Gasteiger partial charge in [0.25, 0.3) is 0 Å². The average Bonchev–Trinajstić information content (AvgIpc) is 2.86. The third-order valence-electron chi connectivity index (χ3n) is 3.07. The molecular weight excluding hydrogens is 261 g/mol. The molecule has 1 atom stereocenters. The van der Waals surface area contributed by atoms with E-state index in [1.54, 1.807) is 10.7 Å². The molecule has 6 heteroatoms. The van der Waals surface area contributed by atoms with E-state index in [1.165, 1.54) is 25.6 Å². The zero-order valence-electron chi connectivity index (χ0n) is 11.6. The minimum Gasteiger partial charge on any atom is -0.494 e. The highest BCUT2D eigenvalue weighted by atomic mass is 19.1. The molecule has 1 aromatic carbocycles. The number of aromatic nitrogens is 3. The second kappa shape index (κ2) is 6.47. The van der Waals surface area contributed by atoms with E-state index in [0.29, 0.717) is 17.8 Å². The van der Waals surface area contributed by atoms with Crippen LogP contribution in [0.3, 0.4) is 0 Å². The quantitative estimate of drug-likeness (QED) is 0.879. The molecule has 0 amide bonds. The molecule has 1 heterocycles. The van der Waals surface area contributed by atoms with E-state index in [9.17, 15) is 9.50 Å². The maximum Gasteiger partial charge on any atom is 0.165 e. The Balaban J connectivity index is 2.13. The normalized spacial score (nSPS) is 12.4. The van der Waals surface area contributed by atoms with Gasteiger partial charge in [0.1, 0.15) is 12.2 Å². The lowest BCUT2D eigenvalue weighted by Crippen LogP contribution is -2.10. The highest BCUT2D eigenvalue weighted by Gasteiger charge is 2.15. The third-order valence-corrected chi connectivity index (χ3v) is 3.07. The monoisotopic (exact) mass is 279 g/mol. The van der Waals surface area contributed by atoms with Gasteiger partial charge in [0.05, 0.1) is 13.2 Å². The van der Waals surface area contributed by atoms with Crippen LogP contribution in [0.25, 0.3) is 0 Å². The Kier molecular flexibility index (Phi) is 4.68. The van der Waals surface area contributed by atoms with Crippen LogP contribution in [0.1, 0.15) is 30.8 Å². The van der Waals surface area contributed by atoms with Crippen molar-refractivity contribution in [2.24, 2.45) is 0 Å². The number of hydrogen-bond acceptors (Lipinski definition) is 4. The molecule has 2 aromatic rings. The molecule has 1 unspecified atom stereocenters. The van der Waals surface area contributed by atoms with E-state index in [0.717, 1.165) is 13.0 Å². The van der Waals surface area contributed by atoms with Gasteiger partial charge in [-0.25, -0.2) is 9.37 Å². The van der Waals surface area contributed by atoms with Gasteiger partial charge in [-0.3, -0.25) is 4.68 Å². The number of aryl methyl sites for hydroxylation is 1. The standard InChI is InChI=1S/C14H18FN3O2/c1-3-6-18-14(16-9-17-18)8-12(19)10-4-5-13(20-2)11(15)7-10/h4-5,7,9,12,19H,3,6,8H2,1-2H3. The largest absolute Gasteiger partial charge is 0.494 e. The van der Waals surface area contributed by atoms with Gasteiger partial charge in [-0.05, 0) is 24.1 Å². The molecule has 0 aliphatic heterocycles. The summed E-state index contributed by atoms with van der Waals surface area (Å²) in [4.78, 5) is 4.13. The van der Waals surface area contributed by atoms with Gasteiger partial charge in [0, 0.05) is 13.0 Å². The highest BCUT2D eigenvalue weighted by Crippen LogP contribution is 2.23. The molecule has 1 N–H and O–H groups in total. The van der Waals surface area contributed by atoms with Crippen molar-refractivity contribution in [3.05, 3.63) is 41.7 Å². The molecule has 0 aliphatic carbocycles. The summed E-state index contributed by atoms with van der Waals surface area (Å²) in [7, 11) is 1.40. The van der Waals surface area contributed by atoms with E-state index >= 15 is 0 Å². The number of benzene rings is 1. The topological polar surface area (TPSA) is 60.2 Å². The lowest BCUT2D eigenvalue weighted by atomic mass is 10.1. The SMILES string of the molecule is CCCn1ncnc1CC(O)c1ccc(OC)c(F)c1. The van der Waals surface area contributed by atoms with Crippen molar-refractivity contribution in [3.63, 3.8) is 0 Å². The smallest absolute Gasteiger partial charge is 0.165 e. The molecular formula is C14H18FN3O2. The summed E-state index contributed by atoms with van der Waals surface area (Å²) in [6, 6.07) is 4.43. The van der Waals surface area contributed by atoms with Crippen molar-refractivity contribution in [1.82, 2.24) is 14.8 Å². The van der Waals surface area contributed by atoms with E-state index in [1.807, 2.05) is 6.92 Å². The lowest BCUT2D eigenvalue weighted by Gasteiger charge is -2.12. The van der Waals surface area contributed by atoms with Gasteiger partial charge < -0.3 is 9.84 Å². The number of halogens is 1. The molecule has 0 fully saturated rings.